The van der Waals surface area contributed by atoms with Crippen LogP contribution in [-0.2, 0) is 16.0 Å². The van der Waals surface area contributed by atoms with Crippen molar-refractivity contribution >= 4 is 34.4 Å². The van der Waals surface area contributed by atoms with E-state index in [2.05, 4.69) is 15.3 Å². The molecule has 12 heteroatoms. The minimum atomic E-state index is -0.895. The van der Waals surface area contributed by atoms with E-state index in [1.54, 1.807) is 37.6 Å². The second-order valence-corrected chi connectivity index (χ2v) is 9.50. The molecule has 39 heavy (non-hydrogen) atoms. The normalized spacial score (nSPS) is 17.5. The third-order valence-corrected chi connectivity index (χ3v) is 6.78. The minimum Gasteiger partial charge on any atom is -0.482 e. The lowest BCUT2D eigenvalue weighted by atomic mass is 10.1. The molecule has 0 saturated carbocycles. The van der Waals surface area contributed by atoms with Crippen LogP contribution in [0.25, 0.3) is 11.0 Å². The number of nitrogens with zero attached hydrogens (tertiary/aromatic N) is 4. The molecule has 3 N–H and O–H groups in total. The smallest absolute Gasteiger partial charge is 0.414 e. The van der Waals surface area contributed by atoms with Crippen LogP contribution in [0.15, 0.2) is 42.6 Å². The van der Waals surface area contributed by atoms with Gasteiger partial charge in [0.25, 0.3) is 5.91 Å². The second kappa shape index (κ2) is 11.8. The van der Waals surface area contributed by atoms with Crippen molar-refractivity contribution < 1.29 is 34.0 Å². The van der Waals surface area contributed by atoms with Crippen molar-refractivity contribution in [2.75, 3.05) is 56.7 Å². The Morgan fingerprint density at radius 1 is 1.23 bits per heavy atom. The number of carbonyl (C=O) groups excluding carboxylic acids is 2. The number of aliphatic hydroxyl groups excluding tert-OH is 2. The molecule has 2 aromatic heterocycles. The number of rotatable bonds is 11. The summed E-state index contributed by atoms with van der Waals surface area (Å²) in [6, 6.07) is 10.7. The fourth-order valence-corrected chi connectivity index (χ4v) is 4.75. The van der Waals surface area contributed by atoms with Crippen molar-refractivity contribution in [1.82, 2.24) is 14.9 Å². The van der Waals surface area contributed by atoms with E-state index in [9.17, 15) is 19.8 Å². The van der Waals surface area contributed by atoms with Gasteiger partial charge < -0.3 is 34.6 Å². The molecule has 0 spiro atoms. The number of benzene rings is 1. The Hall–Kier alpha value is -4.00. The van der Waals surface area contributed by atoms with Gasteiger partial charge in [-0.25, -0.2) is 9.78 Å². The zero-order valence-corrected chi connectivity index (χ0v) is 21.6. The van der Waals surface area contributed by atoms with Crippen LogP contribution in [-0.4, -0.2) is 95.8 Å². The highest BCUT2D eigenvalue weighted by atomic mass is 16.6. The van der Waals surface area contributed by atoms with Crippen molar-refractivity contribution in [1.29, 1.82) is 0 Å². The number of pyridine rings is 2. The SMILES string of the molecule is COc1ccc2nccc(CCN(CCC3CN(c4ccc5c(c4)NC(=O)CO5)C(=O)O3)CC(O)CO)c2n1. The first kappa shape index (κ1) is 26.6. The number of ether oxygens (including phenoxy) is 3. The van der Waals surface area contributed by atoms with Gasteiger partial charge in [-0.1, -0.05) is 0 Å². The number of aromatic nitrogens is 2. The number of hydrogen-bond acceptors (Lipinski definition) is 10. The van der Waals surface area contributed by atoms with E-state index in [4.69, 9.17) is 14.2 Å². The Morgan fingerprint density at radius 2 is 2.10 bits per heavy atom. The second-order valence-electron chi connectivity index (χ2n) is 9.50. The molecule has 12 nitrogen and oxygen atoms in total. The zero-order valence-electron chi connectivity index (χ0n) is 21.6. The molecular weight excluding hydrogens is 506 g/mol. The molecule has 5 rings (SSSR count). The van der Waals surface area contributed by atoms with Crippen molar-refractivity contribution in [3.63, 3.8) is 0 Å². The van der Waals surface area contributed by atoms with E-state index in [0.717, 1.165) is 16.6 Å². The average molecular weight is 538 g/mol. The molecular formula is C27H31N5O7. The summed E-state index contributed by atoms with van der Waals surface area (Å²) in [5.41, 5.74) is 3.63. The first-order chi connectivity index (χ1) is 18.9. The number of amides is 2. The van der Waals surface area contributed by atoms with Crippen LogP contribution in [0.1, 0.15) is 12.0 Å². The van der Waals surface area contributed by atoms with Crippen LogP contribution >= 0.6 is 0 Å². The molecule has 206 valence electrons. The van der Waals surface area contributed by atoms with Gasteiger partial charge in [-0.3, -0.25) is 14.7 Å². The minimum absolute atomic E-state index is 0.0380. The maximum Gasteiger partial charge on any atom is 0.414 e. The van der Waals surface area contributed by atoms with E-state index in [1.807, 2.05) is 17.0 Å². The van der Waals surface area contributed by atoms with Crippen LogP contribution < -0.4 is 19.7 Å². The first-order valence-corrected chi connectivity index (χ1v) is 12.8. The van der Waals surface area contributed by atoms with Crippen LogP contribution in [0.4, 0.5) is 16.2 Å². The molecule has 4 heterocycles. The number of hydrogen-bond donors (Lipinski definition) is 3. The lowest BCUT2D eigenvalue weighted by Crippen LogP contribution is -2.38. The fraction of sp³-hybridized carbons (Fsp3) is 0.407. The molecule has 1 fully saturated rings. The summed E-state index contributed by atoms with van der Waals surface area (Å²) in [6.07, 6.45) is 1.19. The quantitative estimate of drug-likeness (QED) is 0.329. The summed E-state index contributed by atoms with van der Waals surface area (Å²) in [5.74, 6) is 0.809. The molecule has 1 saturated heterocycles. The molecule has 2 atom stereocenters. The Balaban J connectivity index is 1.22. The maximum atomic E-state index is 12.6. The highest BCUT2D eigenvalue weighted by Crippen LogP contribution is 2.33. The van der Waals surface area contributed by atoms with E-state index >= 15 is 0 Å². The van der Waals surface area contributed by atoms with Crippen molar-refractivity contribution in [3.8, 4) is 11.6 Å². The van der Waals surface area contributed by atoms with Crippen LogP contribution in [0.2, 0.25) is 0 Å². The summed E-state index contributed by atoms with van der Waals surface area (Å²) in [6.45, 7) is 1.36. The van der Waals surface area contributed by atoms with Gasteiger partial charge in [0.2, 0.25) is 5.88 Å². The van der Waals surface area contributed by atoms with Crippen LogP contribution in [0.3, 0.4) is 0 Å². The summed E-state index contributed by atoms with van der Waals surface area (Å²) >= 11 is 0. The standard InChI is InChI=1S/C27H31N5O7/c1-37-25-5-3-21-26(30-25)17(6-9-28-21)7-10-31(13-19(34)15-33)11-8-20-14-32(27(36)39-20)18-2-4-23-22(12-18)29-24(35)16-38-23/h2-6,9,12,19-20,33-34H,7-8,10-11,13-16H2,1H3,(H,29,35). The molecule has 2 aliphatic heterocycles. The van der Waals surface area contributed by atoms with Crippen LogP contribution in [0, 0.1) is 0 Å². The Labute approximate surface area is 225 Å². The monoisotopic (exact) mass is 537 g/mol. The number of cyclic esters (lactones) is 1. The molecule has 1 aromatic carbocycles. The van der Waals surface area contributed by atoms with Crippen molar-refractivity contribution in [2.24, 2.45) is 0 Å². The van der Waals surface area contributed by atoms with Gasteiger partial charge in [0.05, 0.1) is 43.1 Å². The number of nitrogens with one attached hydrogen (secondary N) is 1. The predicted octanol–water partition coefficient (Wildman–Crippen LogP) is 1.58. The number of fused-ring (bicyclic) bond motifs is 2. The van der Waals surface area contributed by atoms with Gasteiger partial charge in [-0.15, -0.1) is 0 Å². The number of anilines is 2. The van der Waals surface area contributed by atoms with Gasteiger partial charge in [-0.2, -0.15) is 0 Å². The largest absolute Gasteiger partial charge is 0.482 e. The first-order valence-electron chi connectivity index (χ1n) is 12.8. The topological polar surface area (TPSA) is 147 Å². The van der Waals surface area contributed by atoms with E-state index < -0.39 is 12.2 Å². The van der Waals surface area contributed by atoms with Crippen LogP contribution in [0.5, 0.6) is 11.6 Å². The van der Waals surface area contributed by atoms with Gasteiger partial charge in [0.15, 0.2) is 6.61 Å². The van der Waals surface area contributed by atoms with E-state index in [-0.39, 0.29) is 31.8 Å². The summed E-state index contributed by atoms with van der Waals surface area (Å²) < 4.78 is 16.3. The van der Waals surface area contributed by atoms with Gasteiger partial charge >= 0.3 is 6.09 Å². The highest BCUT2D eigenvalue weighted by molar-refractivity contribution is 5.97. The predicted molar refractivity (Wildman–Crippen MR) is 142 cm³/mol. The Bertz CT molecular complexity index is 1350. The molecule has 0 radical (unpaired) electrons. The summed E-state index contributed by atoms with van der Waals surface area (Å²) in [5, 5.41) is 22.3. The molecule has 0 bridgehead atoms. The summed E-state index contributed by atoms with van der Waals surface area (Å²) in [4.78, 5) is 36.8. The number of aliphatic hydroxyl groups is 2. The zero-order chi connectivity index (χ0) is 27.4. The van der Waals surface area contributed by atoms with Crippen molar-refractivity contribution in [3.05, 3.63) is 48.2 Å². The Morgan fingerprint density at radius 3 is 2.92 bits per heavy atom. The highest BCUT2D eigenvalue weighted by Gasteiger charge is 2.33. The average Bonchev–Trinajstić information content (AvgIpc) is 3.33. The van der Waals surface area contributed by atoms with Crippen molar-refractivity contribution in [2.45, 2.75) is 25.0 Å². The fourth-order valence-electron chi connectivity index (χ4n) is 4.75. The lowest BCUT2D eigenvalue weighted by molar-refractivity contribution is -0.118. The van der Waals surface area contributed by atoms with E-state index in [0.29, 0.717) is 55.5 Å². The lowest BCUT2D eigenvalue weighted by Gasteiger charge is -2.25. The molecule has 2 unspecified atom stereocenters. The third kappa shape index (κ3) is 6.19. The molecule has 2 amide bonds. The van der Waals surface area contributed by atoms with Gasteiger partial charge in [0.1, 0.15) is 11.9 Å². The van der Waals surface area contributed by atoms with Gasteiger partial charge in [-0.05, 0) is 48.7 Å². The van der Waals surface area contributed by atoms with E-state index in [1.165, 1.54) is 4.90 Å². The molecule has 3 aromatic rings. The van der Waals surface area contributed by atoms with Gasteiger partial charge in [0, 0.05) is 37.6 Å². The maximum absolute atomic E-state index is 12.6. The molecule has 2 aliphatic rings. The third-order valence-electron chi connectivity index (χ3n) is 6.78. The number of methoxy groups -OCH3 is 1. The summed E-state index contributed by atoms with van der Waals surface area (Å²) in [7, 11) is 1.57. The number of carbonyl (C=O) groups is 2. The molecule has 0 aliphatic carbocycles. The Kier molecular flexibility index (Phi) is 8.05.